The van der Waals surface area contributed by atoms with Crippen molar-refractivity contribution in [3.05, 3.63) is 84.2 Å². The minimum atomic E-state index is -4.30. The molecule has 226 valence electrons. The number of halogens is 1. The largest absolute Gasteiger partial charge is 0.497 e. The summed E-state index contributed by atoms with van der Waals surface area (Å²) in [4.78, 5) is 28.6. The number of amides is 2. The van der Waals surface area contributed by atoms with Crippen molar-refractivity contribution in [2.45, 2.75) is 57.6 Å². The van der Waals surface area contributed by atoms with Gasteiger partial charge in [-0.05, 0) is 93.4 Å². The van der Waals surface area contributed by atoms with Crippen molar-refractivity contribution < 1.29 is 31.9 Å². The first-order valence-corrected chi connectivity index (χ1v) is 15.2. The van der Waals surface area contributed by atoms with Gasteiger partial charge in [0.1, 0.15) is 29.9 Å². The topological polar surface area (TPSA) is 105 Å². The van der Waals surface area contributed by atoms with Crippen LogP contribution in [0.2, 0.25) is 0 Å². The Labute approximate surface area is 247 Å². The Hall–Kier alpha value is -4.12. The van der Waals surface area contributed by atoms with Crippen molar-refractivity contribution in [2.75, 3.05) is 24.6 Å². The van der Waals surface area contributed by atoms with Crippen molar-refractivity contribution in [1.82, 2.24) is 10.2 Å². The molecule has 0 fully saturated rings. The summed E-state index contributed by atoms with van der Waals surface area (Å²) in [5.41, 5.74) is 0.792. The predicted molar refractivity (Wildman–Crippen MR) is 159 cm³/mol. The van der Waals surface area contributed by atoms with Crippen LogP contribution in [0, 0.1) is 5.82 Å². The molecule has 42 heavy (non-hydrogen) atoms. The lowest BCUT2D eigenvalue weighted by Gasteiger charge is -2.33. The first-order valence-electron chi connectivity index (χ1n) is 13.7. The summed E-state index contributed by atoms with van der Waals surface area (Å²) < 4.78 is 53.4. The predicted octanol–water partition coefficient (Wildman–Crippen LogP) is 4.76. The van der Waals surface area contributed by atoms with Crippen LogP contribution in [0.5, 0.6) is 11.5 Å². The summed E-state index contributed by atoms with van der Waals surface area (Å²) in [6.45, 7) is 7.04. The van der Waals surface area contributed by atoms with Gasteiger partial charge in [-0.15, -0.1) is 0 Å². The third-order valence-corrected chi connectivity index (χ3v) is 8.21. The molecular formula is C31H38FN3O6S. The van der Waals surface area contributed by atoms with E-state index in [2.05, 4.69) is 5.32 Å². The van der Waals surface area contributed by atoms with Gasteiger partial charge in [-0.2, -0.15) is 0 Å². The van der Waals surface area contributed by atoms with Crippen LogP contribution in [-0.4, -0.2) is 57.5 Å². The van der Waals surface area contributed by atoms with Gasteiger partial charge in [0, 0.05) is 12.6 Å². The number of nitrogens with one attached hydrogen (secondary N) is 1. The molecule has 3 rings (SSSR count). The van der Waals surface area contributed by atoms with Gasteiger partial charge in [-0.3, -0.25) is 13.9 Å². The van der Waals surface area contributed by atoms with E-state index in [1.54, 1.807) is 31.2 Å². The Morgan fingerprint density at radius 1 is 0.952 bits per heavy atom. The highest BCUT2D eigenvalue weighted by Crippen LogP contribution is 2.27. The number of hydrogen-bond donors (Lipinski definition) is 1. The van der Waals surface area contributed by atoms with Crippen LogP contribution in [0.25, 0.3) is 0 Å². The van der Waals surface area contributed by atoms with Crippen LogP contribution in [0.15, 0.2) is 77.7 Å². The molecule has 0 aliphatic heterocycles. The second kappa shape index (κ2) is 14.7. The molecule has 0 aliphatic rings. The number of sulfonamides is 1. The van der Waals surface area contributed by atoms with Gasteiger partial charge in [0.05, 0.1) is 24.3 Å². The Kier molecular flexibility index (Phi) is 11.3. The molecule has 9 nitrogen and oxygen atoms in total. The minimum absolute atomic E-state index is 0.0282. The van der Waals surface area contributed by atoms with E-state index in [0.29, 0.717) is 23.7 Å². The summed E-state index contributed by atoms with van der Waals surface area (Å²) in [5, 5.41) is 2.86. The zero-order chi connectivity index (χ0) is 30.9. The number of carbonyl (C=O) groups excluding carboxylic acids is 2. The summed E-state index contributed by atoms with van der Waals surface area (Å²) in [7, 11) is -2.77. The van der Waals surface area contributed by atoms with Crippen molar-refractivity contribution >= 4 is 27.5 Å². The van der Waals surface area contributed by atoms with Gasteiger partial charge < -0.3 is 19.7 Å². The maximum Gasteiger partial charge on any atom is 0.264 e. The van der Waals surface area contributed by atoms with E-state index in [1.165, 1.54) is 48.4 Å². The third kappa shape index (κ3) is 8.22. The normalized spacial score (nSPS) is 12.0. The van der Waals surface area contributed by atoms with Crippen LogP contribution in [0.3, 0.4) is 0 Å². The number of rotatable bonds is 14. The van der Waals surface area contributed by atoms with Crippen molar-refractivity contribution in [2.24, 2.45) is 0 Å². The molecule has 11 heteroatoms. The van der Waals surface area contributed by atoms with Crippen LogP contribution in [-0.2, 0) is 26.2 Å². The van der Waals surface area contributed by atoms with E-state index in [1.807, 2.05) is 20.8 Å². The average Bonchev–Trinajstić information content (AvgIpc) is 2.96. The standard InChI is InChI=1S/C31H38FN3O6S/c1-6-29(31(37)33-22(3)4)34(20-23-9-8-10-27(19-23)40-5)30(36)21-35(25-13-11-24(32)12-14-25)42(38,39)28-17-15-26(16-18-28)41-7-2/h8-19,22,29H,6-7,20-21H2,1-5H3,(H,33,37)/t29-/m0/s1. The minimum Gasteiger partial charge on any atom is -0.497 e. The lowest BCUT2D eigenvalue weighted by atomic mass is 10.1. The smallest absolute Gasteiger partial charge is 0.264 e. The lowest BCUT2D eigenvalue weighted by Crippen LogP contribution is -2.53. The number of carbonyl (C=O) groups is 2. The summed E-state index contributed by atoms with van der Waals surface area (Å²) >= 11 is 0. The molecule has 0 unspecified atom stereocenters. The zero-order valence-electron chi connectivity index (χ0n) is 24.5. The quantitative estimate of drug-likeness (QED) is 0.287. The molecule has 1 atom stereocenters. The molecule has 2 amide bonds. The van der Waals surface area contributed by atoms with Crippen LogP contribution < -0.4 is 19.1 Å². The Balaban J connectivity index is 2.06. The van der Waals surface area contributed by atoms with E-state index in [9.17, 15) is 22.4 Å². The first kappa shape index (κ1) is 32.4. The number of nitrogens with zero attached hydrogens (tertiary/aromatic N) is 2. The SMILES string of the molecule is CCOc1ccc(S(=O)(=O)N(CC(=O)N(Cc2cccc(OC)c2)[C@@H](CC)C(=O)NC(C)C)c2ccc(F)cc2)cc1. The molecule has 0 aliphatic carbocycles. The summed E-state index contributed by atoms with van der Waals surface area (Å²) in [5.74, 6) is -0.453. The van der Waals surface area contributed by atoms with E-state index in [-0.39, 0.29) is 35.5 Å². The maximum absolute atomic E-state index is 14.1. The van der Waals surface area contributed by atoms with Gasteiger partial charge in [0.2, 0.25) is 11.8 Å². The monoisotopic (exact) mass is 599 g/mol. The third-order valence-electron chi connectivity index (χ3n) is 6.42. The fourth-order valence-electron chi connectivity index (χ4n) is 4.41. The molecule has 1 N–H and O–H groups in total. The van der Waals surface area contributed by atoms with E-state index in [4.69, 9.17) is 9.47 Å². The molecule has 0 saturated heterocycles. The van der Waals surface area contributed by atoms with Crippen LogP contribution >= 0.6 is 0 Å². The molecule has 0 heterocycles. The van der Waals surface area contributed by atoms with E-state index < -0.39 is 34.3 Å². The highest BCUT2D eigenvalue weighted by atomic mass is 32.2. The molecule has 3 aromatic carbocycles. The van der Waals surface area contributed by atoms with Gasteiger partial charge >= 0.3 is 0 Å². The zero-order valence-corrected chi connectivity index (χ0v) is 25.4. The second-order valence-electron chi connectivity index (χ2n) is 9.85. The number of ether oxygens (including phenoxy) is 2. The number of methoxy groups -OCH3 is 1. The molecule has 0 radical (unpaired) electrons. The van der Waals surface area contributed by atoms with Crippen molar-refractivity contribution in [1.29, 1.82) is 0 Å². The Morgan fingerprint density at radius 2 is 1.62 bits per heavy atom. The number of hydrogen-bond acceptors (Lipinski definition) is 6. The lowest BCUT2D eigenvalue weighted by molar-refractivity contribution is -0.140. The second-order valence-corrected chi connectivity index (χ2v) is 11.7. The molecule has 0 bridgehead atoms. The highest BCUT2D eigenvalue weighted by Gasteiger charge is 2.34. The first-order chi connectivity index (χ1) is 20.0. The molecule has 0 aromatic heterocycles. The van der Waals surface area contributed by atoms with Gasteiger partial charge in [0.15, 0.2) is 0 Å². The Bertz CT molecular complexity index is 1450. The average molecular weight is 600 g/mol. The molecule has 3 aromatic rings. The Morgan fingerprint density at radius 3 is 2.19 bits per heavy atom. The fourth-order valence-corrected chi connectivity index (χ4v) is 5.82. The van der Waals surface area contributed by atoms with Crippen molar-refractivity contribution in [3.63, 3.8) is 0 Å². The van der Waals surface area contributed by atoms with E-state index in [0.717, 1.165) is 16.4 Å². The van der Waals surface area contributed by atoms with Crippen LogP contribution in [0.4, 0.5) is 10.1 Å². The molecular weight excluding hydrogens is 561 g/mol. The molecule has 0 saturated carbocycles. The fraction of sp³-hybridized carbons (Fsp3) is 0.355. The highest BCUT2D eigenvalue weighted by molar-refractivity contribution is 7.92. The molecule has 0 spiro atoms. The van der Waals surface area contributed by atoms with Crippen molar-refractivity contribution in [3.8, 4) is 11.5 Å². The van der Waals surface area contributed by atoms with Crippen LogP contribution in [0.1, 0.15) is 39.7 Å². The number of anilines is 1. The van der Waals surface area contributed by atoms with Gasteiger partial charge in [-0.25, -0.2) is 12.8 Å². The van der Waals surface area contributed by atoms with Gasteiger partial charge in [-0.1, -0.05) is 19.1 Å². The number of benzene rings is 3. The van der Waals surface area contributed by atoms with Gasteiger partial charge in [0.25, 0.3) is 10.0 Å². The summed E-state index contributed by atoms with van der Waals surface area (Å²) in [6, 6.07) is 16.7. The van der Waals surface area contributed by atoms with E-state index >= 15 is 0 Å². The maximum atomic E-state index is 14.1. The summed E-state index contributed by atoms with van der Waals surface area (Å²) in [6.07, 6.45) is 0.288.